The molecule has 0 aliphatic carbocycles. The number of hydrogen-bond donors (Lipinski definition) is 0. The second kappa shape index (κ2) is 8.98. The van der Waals surface area contributed by atoms with Gasteiger partial charge in [0, 0.05) is 72.2 Å². The van der Waals surface area contributed by atoms with Gasteiger partial charge in [-0.15, -0.1) is 11.3 Å². The van der Waals surface area contributed by atoms with E-state index >= 15 is 0 Å². The summed E-state index contributed by atoms with van der Waals surface area (Å²) in [7, 11) is 1.69. The van der Waals surface area contributed by atoms with Gasteiger partial charge >= 0.3 is 0 Å². The fraction of sp³-hybridized carbons (Fsp3) is 0.440. The van der Waals surface area contributed by atoms with Crippen LogP contribution in [0.4, 0.5) is 11.5 Å². The van der Waals surface area contributed by atoms with Crippen molar-refractivity contribution in [2.75, 3.05) is 56.2 Å². The molecule has 5 rings (SSSR count). The number of hydrogen-bond acceptors (Lipinski definition) is 6. The number of piperazine rings is 1. The quantitative estimate of drug-likeness (QED) is 0.597. The average Bonchev–Trinajstić information content (AvgIpc) is 3.24. The smallest absolute Gasteiger partial charge is 0.227 e. The number of nitrogens with zero attached hydrogens (tertiary/aromatic N) is 4. The van der Waals surface area contributed by atoms with Gasteiger partial charge in [0.1, 0.15) is 11.6 Å². The molecule has 2 fully saturated rings. The van der Waals surface area contributed by atoms with Gasteiger partial charge in [0.15, 0.2) is 0 Å². The Morgan fingerprint density at radius 3 is 2.75 bits per heavy atom. The second-order valence-electron chi connectivity index (χ2n) is 8.70. The Kier molecular flexibility index (Phi) is 5.91. The lowest BCUT2D eigenvalue weighted by Gasteiger charge is -2.40. The molecule has 6 nitrogen and oxygen atoms in total. The van der Waals surface area contributed by atoms with E-state index in [4.69, 9.17) is 9.72 Å². The van der Waals surface area contributed by atoms with Crippen LogP contribution < -0.4 is 14.5 Å². The second-order valence-corrected chi connectivity index (χ2v) is 9.99. The van der Waals surface area contributed by atoms with Gasteiger partial charge in [-0.05, 0) is 44.0 Å². The molecule has 0 unspecified atom stereocenters. The molecule has 2 aliphatic heterocycles. The van der Waals surface area contributed by atoms with Crippen molar-refractivity contribution in [3.05, 3.63) is 47.5 Å². The van der Waals surface area contributed by atoms with Crippen molar-refractivity contribution in [1.82, 2.24) is 9.88 Å². The molecule has 0 radical (unpaired) electrons. The first-order valence-corrected chi connectivity index (χ1v) is 12.2. The summed E-state index contributed by atoms with van der Waals surface area (Å²) in [6, 6.07) is 12.5. The first-order valence-electron chi connectivity index (χ1n) is 11.4. The van der Waals surface area contributed by atoms with Gasteiger partial charge in [-0.2, -0.15) is 0 Å². The Balaban J connectivity index is 1.24. The average molecular weight is 451 g/mol. The molecule has 3 aromatic rings. The predicted molar refractivity (Wildman–Crippen MR) is 131 cm³/mol. The highest BCUT2D eigenvalue weighted by molar-refractivity contribution is 7.19. The van der Waals surface area contributed by atoms with E-state index in [-0.39, 0.29) is 5.92 Å². The standard InChI is InChI=1S/C25H30N4O2S/c1-18-15-22-23(32-18)8-9-26-24(22)29-10-4-5-19(17-29)25(30)28-13-11-27(12-14-28)20-6-3-7-21(16-20)31-2/h3,6-9,15-16,19H,4-5,10-14,17H2,1-2H3/t19-/m0/s1. The number of aryl methyl sites for hydroxylation is 1. The number of benzene rings is 1. The van der Waals surface area contributed by atoms with Gasteiger partial charge in [-0.1, -0.05) is 6.07 Å². The molecule has 1 amide bonds. The number of piperidine rings is 1. The van der Waals surface area contributed by atoms with Crippen LogP contribution in [-0.4, -0.2) is 62.2 Å². The zero-order valence-electron chi connectivity index (χ0n) is 18.8. The fourth-order valence-corrected chi connectivity index (χ4v) is 5.86. The minimum absolute atomic E-state index is 0.0453. The molecule has 0 bridgehead atoms. The fourth-order valence-electron chi connectivity index (χ4n) is 4.95. The van der Waals surface area contributed by atoms with E-state index in [1.165, 1.54) is 15.0 Å². The van der Waals surface area contributed by atoms with Crippen molar-refractivity contribution in [1.29, 1.82) is 0 Å². The molecule has 0 N–H and O–H groups in total. The number of pyridine rings is 1. The zero-order valence-corrected chi connectivity index (χ0v) is 19.6. The summed E-state index contributed by atoms with van der Waals surface area (Å²) >= 11 is 1.81. The summed E-state index contributed by atoms with van der Waals surface area (Å²) in [4.78, 5) is 26.1. The Morgan fingerprint density at radius 2 is 1.94 bits per heavy atom. The summed E-state index contributed by atoms with van der Waals surface area (Å²) in [6.45, 7) is 7.11. The number of carbonyl (C=O) groups excluding carboxylic acids is 1. The van der Waals surface area contributed by atoms with Gasteiger partial charge < -0.3 is 19.4 Å². The number of carbonyl (C=O) groups is 1. The number of fused-ring (bicyclic) bond motifs is 1. The molecule has 0 saturated carbocycles. The first kappa shape index (κ1) is 21.1. The van der Waals surface area contributed by atoms with Gasteiger partial charge in [0.25, 0.3) is 0 Å². The van der Waals surface area contributed by atoms with Crippen molar-refractivity contribution in [2.45, 2.75) is 19.8 Å². The van der Waals surface area contributed by atoms with Crippen LogP contribution in [-0.2, 0) is 4.79 Å². The number of rotatable bonds is 4. The van der Waals surface area contributed by atoms with Crippen molar-refractivity contribution in [2.24, 2.45) is 5.92 Å². The molecule has 2 aromatic heterocycles. The third-order valence-electron chi connectivity index (χ3n) is 6.63. The van der Waals surface area contributed by atoms with Crippen LogP contribution in [0.25, 0.3) is 10.1 Å². The number of thiophene rings is 1. The van der Waals surface area contributed by atoms with E-state index < -0.39 is 0 Å². The van der Waals surface area contributed by atoms with Crippen molar-refractivity contribution >= 4 is 38.8 Å². The molecule has 2 saturated heterocycles. The molecule has 4 heterocycles. The molecule has 1 atom stereocenters. The van der Waals surface area contributed by atoms with Gasteiger partial charge in [-0.3, -0.25) is 4.79 Å². The molecule has 1 aromatic carbocycles. The highest BCUT2D eigenvalue weighted by Crippen LogP contribution is 2.33. The van der Waals surface area contributed by atoms with E-state index in [0.717, 1.165) is 69.4 Å². The number of anilines is 2. The lowest BCUT2D eigenvalue weighted by molar-refractivity contribution is -0.136. The van der Waals surface area contributed by atoms with E-state index in [9.17, 15) is 4.79 Å². The van der Waals surface area contributed by atoms with Crippen LogP contribution in [0.15, 0.2) is 42.6 Å². The number of ether oxygens (including phenoxy) is 1. The van der Waals surface area contributed by atoms with Crippen LogP contribution in [0.3, 0.4) is 0 Å². The highest BCUT2D eigenvalue weighted by atomic mass is 32.1. The maximum absolute atomic E-state index is 13.4. The zero-order chi connectivity index (χ0) is 22.1. The minimum atomic E-state index is 0.0453. The minimum Gasteiger partial charge on any atom is -0.497 e. The molecule has 0 spiro atoms. The largest absolute Gasteiger partial charge is 0.497 e. The number of methoxy groups -OCH3 is 1. The first-order chi connectivity index (χ1) is 15.6. The SMILES string of the molecule is COc1cccc(N2CCN(C(=O)[C@H]3CCCN(c4nccc5sc(C)cc45)C3)CC2)c1. The third kappa shape index (κ3) is 4.13. The maximum Gasteiger partial charge on any atom is 0.227 e. The van der Waals surface area contributed by atoms with Crippen LogP contribution in [0.2, 0.25) is 0 Å². The van der Waals surface area contributed by atoms with E-state index in [2.05, 4.69) is 45.9 Å². The van der Waals surface area contributed by atoms with E-state index in [1.807, 2.05) is 18.3 Å². The molecular formula is C25H30N4O2S. The summed E-state index contributed by atoms with van der Waals surface area (Å²) in [5.74, 6) is 2.25. The van der Waals surface area contributed by atoms with Gasteiger partial charge in [-0.25, -0.2) is 4.98 Å². The summed E-state index contributed by atoms with van der Waals surface area (Å²) in [5, 5.41) is 1.22. The van der Waals surface area contributed by atoms with Crippen molar-refractivity contribution in [3.8, 4) is 5.75 Å². The van der Waals surface area contributed by atoms with Crippen LogP contribution in [0.1, 0.15) is 17.7 Å². The normalized spacial score (nSPS) is 19.4. The maximum atomic E-state index is 13.4. The lowest BCUT2D eigenvalue weighted by Crippen LogP contribution is -2.52. The summed E-state index contributed by atoms with van der Waals surface area (Å²) < 4.78 is 6.63. The summed E-state index contributed by atoms with van der Waals surface area (Å²) in [6.07, 6.45) is 3.89. The number of aromatic nitrogens is 1. The van der Waals surface area contributed by atoms with Crippen LogP contribution in [0.5, 0.6) is 5.75 Å². The highest BCUT2D eigenvalue weighted by Gasteiger charge is 2.32. The topological polar surface area (TPSA) is 48.9 Å². The Hall–Kier alpha value is -2.80. The van der Waals surface area contributed by atoms with Crippen LogP contribution in [0, 0.1) is 12.8 Å². The number of amides is 1. The molecule has 2 aliphatic rings. The Labute approximate surface area is 193 Å². The Bertz CT molecular complexity index is 1110. The molecule has 32 heavy (non-hydrogen) atoms. The van der Waals surface area contributed by atoms with Gasteiger partial charge in [0.2, 0.25) is 5.91 Å². The van der Waals surface area contributed by atoms with Crippen molar-refractivity contribution < 1.29 is 9.53 Å². The van der Waals surface area contributed by atoms with Gasteiger partial charge in [0.05, 0.1) is 13.0 Å². The monoisotopic (exact) mass is 450 g/mol. The molecule has 168 valence electrons. The van der Waals surface area contributed by atoms with Crippen LogP contribution >= 0.6 is 11.3 Å². The molecular weight excluding hydrogens is 420 g/mol. The lowest BCUT2D eigenvalue weighted by atomic mass is 9.96. The summed E-state index contributed by atoms with van der Waals surface area (Å²) in [5.41, 5.74) is 1.16. The Morgan fingerprint density at radius 1 is 1.09 bits per heavy atom. The predicted octanol–water partition coefficient (Wildman–Crippen LogP) is 4.18. The molecule has 7 heteroatoms. The third-order valence-corrected chi connectivity index (χ3v) is 7.64. The van der Waals surface area contributed by atoms with Crippen molar-refractivity contribution in [3.63, 3.8) is 0 Å². The van der Waals surface area contributed by atoms with E-state index in [0.29, 0.717) is 5.91 Å². The van der Waals surface area contributed by atoms with E-state index in [1.54, 1.807) is 18.4 Å².